The number of rotatable bonds is 3. The van der Waals surface area contributed by atoms with E-state index in [0.29, 0.717) is 15.6 Å². The minimum absolute atomic E-state index is 0.347. The van der Waals surface area contributed by atoms with Crippen molar-refractivity contribution in [2.75, 3.05) is 0 Å². The number of hydrogen-bond donors (Lipinski definition) is 1. The van der Waals surface area contributed by atoms with Crippen molar-refractivity contribution in [1.29, 1.82) is 0 Å². The molecule has 0 fully saturated rings. The van der Waals surface area contributed by atoms with Gasteiger partial charge in [0.05, 0.1) is 16.8 Å². The minimum Gasteiger partial charge on any atom is -0.267 e. The van der Waals surface area contributed by atoms with Crippen molar-refractivity contribution in [1.82, 2.24) is 5.43 Å². The number of benzene rings is 2. The van der Waals surface area contributed by atoms with Gasteiger partial charge in [-0.05, 0) is 42.3 Å². The molecule has 0 aliphatic rings. The van der Waals surface area contributed by atoms with Gasteiger partial charge in [-0.15, -0.1) is 0 Å². The predicted molar refractivity (Wildman–Crippen MR) is 82.7 cm³/mol. The summed E-state index contributed by atoms with van der Waals surface area (Å²) in [7, 11) is 0. The van der Waals surface area contributed by atoms with Gasteiger partial charge in [-0.1, -0.05) is 41.4 Å². The van der Waals surface area contributed by atoms with E-state index in [1.807, 2.05) is 13.0 Å². The first-order chi connectivity index (χ1) is 9.56. The fraction of sp³-hybridized carbons (Fsp3) is 0.0667. The van der Waals surface area contributed by atoms with Gasteiger partial charge in [0.2, 0.25) is 0 Å². The molecule has 2 aromatic carbocycles. The minimum atomic E-state index is -0.347. The molecule has 1 amide bonds. The van der Waals surface area contributed by atoms with Gasteiger partial charge in [-0.2, -0.15) is 5.10 Å². The van der Waals surface area contributed by atoms with E-state index in [2.05, 4.69) is 10.5 Å². The van der Waals surface area contributed by atoms with E-state index >= 15 is 0 Å². The first kappa shape index (κ1) is 14.6. The van der Waals surface area contributed by atoms with Crippen molar-refractivity contribution in [2.45, 2.75) is 6.92 Å². The van der Waals surface area contributed by atoms with Crippen LogP contribution in [0.25, 0.3) is 0 Å². The molecule has 0 aliphatic heterocycles. The smallest absolute Gasteiger partial charge is 0.267 e. The van der Waals surface area contributed by atoms with E-state index in [9.17, 15) is 4.79 Å². The lowest BCUT2D eigenvalue weighted by Gasteiger charge is -2.03. The predicted octanol–water partition coefficient (Wildman–Crippen LogP) is 4.07. The highest BCUT2D eigenvalue weighted by Crippen LogP contribution is 2.17. The molecule has 102 valence electrons. The standard InChI is InChI=1S/C15H12Cl2N2O/c1-10-2-7-13(14(17)8-10)15(20)19-18-9-11-3-5-12(16)6-4-11/h2-9H,1H3,(H,19,20)/b18-9+. The van der Waals surface area contributed by atoms with E-state index in [-0.39, 0.29) is 5.91 Å². The molecule has 0 saturated carbocycles. The Bertz CT molecular complexity index is 651. The Balaban J connectivity index is 2.03. The molecule has 0 aromatic heterocycles. The van der Waals surface area contributed by atoms with Gasteiger partial charge in [-0.25, -0.2) is 5.43 Å². The van der Waals surface area contributed by atoms with Crippen LogP contribution in [0.1, 0.15) is 21.5 Å². The molecule has 0 aliphatic carbocycles. The molecule has 0 atom stereocenters. The van der Waals surface area contributed by atoms with Crippen LogP contribution >= 0.6 is 23.2 Å². The fourth-order valence-corrected chi connectivity index (χ4v) is 2.03. The summed E-state index contributed by atoms with van der Waals surface area (Å²) in [6.45, 7) is 1.91. The topological polar surface area (TPSA) is 41.5 Å². The highest BCUT2D eigenvalue weighted by atomic mass is 35.5. The number of aryl methyl sites for hydroxylation is 1. The summed E-state index contributed by atoms with van der Waals surface area (Å²) in [5.74, 6) is -0.347. The van der Waals surface area contributed by atoms with Gasteiger partial charge in [0.25, 0.3) is 5.91 Å². The molecule has 0 heterocycles. The van der Waals surface area contributed by atoms with E-state index in [1.54, 1.807) is 36.4 Å². The van der Waals surface area contributed by atoms with Gasteiger partial charge in [-0.3, -0.25) is 4.79 Å². The fourth-order valence-electron chi connectivity index (χ4n) is 1.58. The molecule has 0 spiro atoms. The summed E-state index contributed by atoms with van der Waals surface area (Å²) in [4.78, 5) is 11.9. The Morgan fingerprint density at radius 3 is 2.50 bits per heavy atom. The molecule has 20 heavy (non-hydrogen) atoms. The monoisotopic (exact) mass is 306 g/mol. The van der Waals surface area contributed by atoms with Crippen LogP contribution in [0.4, 0.5) is 0 Å². The average Bonchev–Trinajstić information content (AvgIpc) is 2.41. The molecular weight excluding hydrogens is 295 g/mol. The van der Waals surface area contributed by atoms with Crippen molar-refractivity contribution in [3.05, 3.63) is 69.2 Å². The average molecular weight is 307 g/mol. The molecule has 0 bridgehead atoms. The zero-order chi connectivity index (χ0) is 14.5. The van der Waals surface area contributed by atoms with Crippen molar-refractivity contribution in [3.8, 4) is 0 Å². The number of nitrogens with one attached hydrogen (secondary N) is 1. The highest BCUT2D eigenvalue weighted by Gasteiger charge is 2.08. The molecule has 0 radical (unpaired) electrons. The van der Waals surface area contributed by atoms with Crippen LogP contribution in [0.15, 0.2) is 47.6 Å². The Labute approximate surface area is 127 Å². The van der Waals surface area contributed by atoms with E-state index < -0.39 is 0 Å². The maximum absolute atomic E-state index is 11.9. The summed E-state index contributed by atoms with van der Waals surface area (Å²) in [5.41, 5.74) is 4.66. The maximum atomic E-state index is 11.9. The van der Waals surface area contributed by atoms with E-state index in [0.717, 1.165) is 11.1 Å². The third kappa shape index (κ3) is 3.83. The summed E-state index contributed by atoms with van der Waals surface area (Å²) < 4.78 is 0. The van der Waals surface area contributed by atoms with Crippen LogP contribution in [0.3, 0.4) is 0 Å². The molecule has 5 heteroatoms. The van der Waals surface area contributed by atoms with Gasteiger partial charge in [0.1, 0.15) is 0 Å². The van der Waals surface area contributed by atoms with Gasteiger partial charge >= 0.3 is 0 Å². The van der Waals surface area contributed by atoms with E-state index in [1.165, 1.54) is 6.21 Å². The van der Waals surface area contributed by atoms with Crippen LogP contribution in [0, 0.1) is 6.92 Å². The lowest BCUT2D eigenvalue weighted by molar-refractivity contribution is 0.0955. The Hall–Kier alpha value is -1.84. The summed E-state index contributed by atoms with van der Waals surface area (Å²) in [6, 6.07) is 12.3. The molecule has 2 aromatic rings. The van der Waals surface area contributed by atoms with Gasteiger partial charge < -0.3 is 0 Å². The number of halogens is 2. The van der Waals surface area contributed by atoms with Gasteiger partial charge in [0.15, 0.2) is 0 Å². The number of nitrogens with zero attached hydrogens (tertiary/aromatic N) is 1. The van der Waals surface area contributed by atoms with Crippen molar-refractivity contribution < 1.29 is 4.79 Å². The Morgan fingerprint density at radius 2 is 1.85 bits per heavy atom. The van der Waals surface area contributed by atoms with Crippen molar-refractivity contribution in [3.63, 3.8) is 0 Å². The largest absolute Gasteiger partial charge is 0.272 e. The molecule has 1 N–H and O–H groups in total. The van der Waals surface area contributed by atoms with Crippen LogP contribution in [-0.4, -0.2) is 12.1 Å². The normalized spacial score (nSPS) is 10.8. The van der Waals surface area contributed by atoms with Crippen LogP contribution in [-0.2, 0) is 0 Å². The van der Waals surface area contributed by atoms with Crippen LogP contribution in [0.5, 0.6) is 0 Å². The lowest BCUT2D eigenvalue weighted by atomic mass is 10.1. The zero-order valence-electron chi connectivity index (χ0n) is 10.7. The highest BCUT2D eigenvalue weighted by molar-refractivity contribution is 6.33. The van der Waals surface area contributed by atoms with Crippen LogP contribution in [0.2, 0.25) is 10.0 Å². The van der Waals surface area contributed by atoms with Crippen molar-refractivity contribution in [2.24, 2.45) is 5.10 Å². The summed E-state index contributed by atoms with van der Waals surface area (Å²) >= 11 is 11.8. The first-order valence-corrected chi connectivity index (χ1v) is 6.67. The maximum Gasteiger partial charge on any atom is 0.272 e. The Morgan fingerprint density at radius 1 is 1.15 bits per heavy atom. The number of amides is 1. The zero-order valence-corrected chi connectivity index (χ0v) is 12.2. The molecule has 0 unspecified atom stereocenters. The molecule has 0 saturated heterocycles. The number of hydrazone groups is 1. The number of carbonyl (C=O) groups is 1. The second kappa shape index (κ2) is 6.55. The number of hydrogen-bond acceptors (Lipinski definition) is 2. The molecule has 3 nitrogen and oxygen atoms in total. The quantitative estimate of drug-likeness (QED) is 0.674. The van der Waals surface area contributed by atoms with Gasteiger partial charge in [0, 0.05) is 5.02 Å². The SMILES string of the molecule is Cc1ccc(C(=O)N/N=C/c2ccc(Cl)cc2)c(Cl)c1. The van der Waals surface area contributed by atoms with Crippen LogP contribution < -0.4 is 5.43 Å². The molecular formula is C15H12Cl2N2O. The van der Waals surface area contributed by atoms with E-state index in [4.69, 9.17) is 23.2 Å². The summed E-state index contributed by atoms with van der Waals surface area (Å²) in [6.07, 6.45) is 1.54. The lowest BCUT2D eigenvalue weighted by Crippen LogP contribution is -2.18. The second-order valence-electron chi connectivity index (χ2n) is 4.23. The summed E-state index contributed by atoms with van der Waals surface area (Å²) in [5, 5.41) is 4.94. The third-order valence-corrected chi connectivity index (χ3v) is 3.18. The first-order valence-electron chi connectivity index (χ1n) is 5.91. The Kier molecular flexibility index (Phi) is 4.77. The van der Waals surface area contributed by atoms with Crippen molar-refractivity contribution >= 4 is 35.3 Å². The molecule has 2 rings (SSSR count). The number of carbonyl (C=O) groups excluding carboxylic acids is 1. The third-order valence-electron chi connectivity index (χ3n) is 2.62. The second-order valence-corrected chi connectivity index (χ2v) is 5.08.